The highest BCUT2D eigenvalue weighted by Gasteiger charge is 2.09. The smallest absolute Gasteiger partial charge is 0.322 e. The van der Waals surface area contributed by atoms with Gasteiger partial charge in [-0.15, -0.1) is 0 Å². The number of hydrogen-bond acceptors (Lipinski definition) is 5. The Morgan fingerprint density at radius 2 is 1.95 bits per heavy atom. The minimum absolute atomic E-state index is 0.0248. The largest absolute Gasteiger partial charge is 0.461 e. The Bertz CT molecular complexity index is 579. The number of rotatable bonds is 4. The van der Waals surface area contributed by atoms with Crippen LogP contribution in [-0.2, 0) is 0 Å². The van der Waals surface area contributed by atoms with Gasteiger partial charge in [0.15, 0.2) is 0 Å². The molecule has 1 N–H and O–H groups in total. The molecule has 1 heterocycles. The fourth-order valence-corrected chi connectivity index (χ4v) is 2.01. The summed E-state index contributed by atoms with van der Waals surface area (Å²) in [6.45, 7) is 3.79. The minimum atomic E-state index is -0.0248. The van der Waals surface area contributed by atoms with Gasteiger partial charge in [0.1, 0.15) is 0 Å². The molecule has 0 radical (unpaired) electrons. The number of halogens is 2. The van der Waals surface area contributed by atoms with E-state index >= 15 is 0 Å². The zero-order valence-electron chi connectivity index (χ0n) is 10.4. The highest BCUT2D eigenvalue weighted by molar-refractivity contribution is 14.1. The fraction of sp³-hybridized carbons (Fsp3) is 0.250. The molecule has 0 aliphatic heterocycles. The van der Waals surface area contributed by atoms with E-state index in [1.165, 1.54) is 0 Å². The van der Waals surface area contributed by atoms with Crippen LogP contribution in [0.1, 0.15) is 13.8 Å². The van der Waals surface area contributed by atoms with Gasteiger partial charge in [0.2, 0.25) is 11.2 Å². The molecule has 2 aromatic rings. The maximum atomic E-state index is 5.86. The molecule has 7 heteroatoms. The third-order valence-electron chi connectivity index (χ3n) is 2.05. The molecule has 0 spiro atoms. The number of nitrogens with one attached hydrogen (secondary N) is 1. The van der Waals surface area contributed by atoms with Crippen LogP contribution in [0.3, 0.4) is 0 Å². The van der Waals surface area contributed by atoms with Crippen molar-refractivity contribution in [1.82, 2.24) is 15.0 Å². The highest BCUT2D eigenvalue weighted by Crippen LogP contribution is 2.21. The van der Waals surface area contributed by atoms with Crippen LogP contribution in [0.25, 0.3) is 0 Å². The predicted molar refractivity (Wildman–Crippen MR) is 83.0 cm³/mol. The summed E-state index contributed by atoms with van der Waals surface area (Å²) in [6.07, 6.45) is -0.0248. The van der Waals surface area contributed by atoms with E-state index in [4.69, 9.17) is 16.3 Å². The van der Waals surface area contributed by atoms with Crippen molar-refractivity contribution in [3.8, 4) is 6.01 Å². The Balaban J connectivity index is 2.25. The quantitative estimate of drug-likeness (QED) is 0.807. The van der Waals surface area contributed by atoms with Crippen molar-refractivity contribution in [1.29, 1.82) is 0 Å². The minimum Gasteiger partial charge on any atom is -0.461 e. The van der Waals surface area contributed by atoms with Crippen LogP contribution < -0.4 is 10.1 Å². The van der Waals surface area contributed by atoms with Crippen LogP contribution in [0, 0.1) is 3.57 Å². The summed E-state index contributed by atoms with van der Waals surface area (Å²) in [7, 11) is 0. The van der Waals surface area contributed by atoms with Crippen molar-refractivity contribution in [2.75, 3.05) is 5.32 Å². The van der Waals surface area contributed by atoms with E-state index in [0.717, 1.165) is 9.26 Å². The summed E-state index contributed by atoms with van der Waals surface area (Å²) in [6, 6.07) is 8.02. The predicted octanol–water partition coefficient (Wildman–Crippen LogP) is 3.66. The first-order chi connectivity index (χ1) is 9.04. The van der Waals surface area contributed by atoms with Gasteiger partial charge in [-0.05, 0) is 60.2 Å². The second kappa shape index (κ2) is 6.33. The molecule has 1 aromatic carbocycles. The SMILES string of the molecule is CC(C)Oc1nc(Cl)nc(Nc2ccccc2I)n1. The monoisotopic (exact) mass is 390 g/mol. The summed E-state index contributed by atoms with van der Waals surface area (Å²) < 4.78 is 6.47. The average Bonchev–Trinajstić information content (AvgIpc) is 2.30. The summed E-state index contributed by atoms with van der Waals surface area (Å²) in [5.74, 6) is 0.361. The van der Waals surface area contributed by atoms with Crippen LogP contribution in [0.5, 0.6) is 6.01 Å². The molecule has 0 bridgehead atoms. The zero-order valence-corrected chi connectivity index (χ0v) is 13.3. The van der Waals surface area contributed by atoms with Gasteiger partial charge in [-0.3, -0.25) is 0 Å². The number of hydrogen-bond donors (Lipinski definition) is 1. The summed E-state index contributed by atoms with van der Waals surface area (Å²) in [5.41, 5.74) is 0.904. The lowest BCUT2D eigenvalue weighted by atomic mass is 10.3. The molecule has 5 nitrogen and oxygen atoms in total. The Kier molecular flexibility index (Phi) is 4.76. The summed E-state index contributed by atoms with van der Waals surface area (Å²) in [5, 5.41) is 3.19. The van der Waals surface area contributed by atoms with Gasteiger partial charge in [0, 0.05) is 3.57 Å². The van der Waals surface area contributed by atoms with Gasteiger partial charge in [-0.2, -0.15) is 15.0 Å². The molecule has 0 unspecified atom stereocenters. The van der Waals surface area contributed by atoms with E-state index in [9.17, 15) is 0 Å². The highest BCUT2D eigenvalue weighted by atomic mass is 127. The van der Waals surface area contributed by atoms with Crippen molar-refractivity contribution >= 4 is 45.8 Å². The van der Waals surface area contributed by atoms with Crippen molar-refractivity contribution < 1.29 is 4.74 Å². The second-order valence-electron chi connectivity index (χ2n) is 3.98. The number of para-hydroxylation sites is 1. The maximum absolute atomic E-state index is 5.86. The Morgan fingerprint density at radius 1 is 1.21 bits per heavy atom. The Labute approximate surface area is 129 Å². The number of nitrogens with zero attached hydrogens (tertiary/aromatic N) is 3. The van der Waals surface area contributed by atoms with Gasteiger partial charge in [0.25, 0.3) is 0 Å². The molecule has 0 amide bonds. The lowest BCUT2D eigenvalue weighted by Gasteiger charge is -2.10. The van der Waals surface area contributed by atoms with Gasteiger partial charge in [0.05, 0.1) is 11.8 Å². The molecular formula is C12H12ClIN4O. The van der Waals surface area contributed by atoms with Crippen LogP contribution >= 0.6 is 34.2 Å². The molecule has 0 saturated carbocycles. The van der Waals surface area contributed by atoms with Crippen molar-refractivity contribution in [2.24, 2.45) is 0 Å². The lowest BCUT2D eigenvalue weighted by molar-refractivity contribution is 0.222. The molecule has 0 fully saturated rings. The molecule has 2 rings (SSSR count). The summed E-state index contributed by atoms with van der Waals surface area (Å²) in [4.78, 5) is 12.1. The molecule has 1 aromatic heterocycles. The first-order valence-electron chi connectivity index (χ1n) is 5.64. The Hall–Kier alpha value is -1.15. The second-order valence-corrected chi connectivity index (χ2v) is 5.48. The van der Waals surface area contributed by atoms with E-state index in [1.807, 2.05) is 38.1 Å². The standard InChI is InChI=1S/C12H12ClIN4O/c1-7(2)19-12-17-10(13)16-11(18-12)15-9-6-4-3-5-8(9)14/h3-7H,1-2H3,(H,15,16,17,18). The van der Waals surface area contributed by atoms with E-state index in [2.05, 4.69) is 42.9 Å². The zero-order chi connectivity index (χ0) is 13.8. The molecule has 19 heavy (non-hydrogen) atoms. The fourth-order valence-electron chi connectivity index (χ4n) is 1.33. The van der Waals surface area contributed by atoms with Gasteiger partial charge < -0.3 is 10.1 Å². The lowest BCUT2D eigenvalue weighted by Crippen LogP contribution is -2.10. The molecule has 100 valence electrons. The average molecular weight is 391 g/mol. The van der Waals surface area contributed by atoms with Crippen LogP contribution in [0.4, 0.5) is 11.6 Å². The first kappa shape index (κ1) is 14.3. The molecular weight excluding hydrogens is 379 g/mol. The third-order valence-corrected chi connectivity index (χ3v) is 3.16. The van der Waals surface area contributed by atoms with Crippen LogP contribution in [-0.4, -0.2) is 21.1 Å². The normalized spacial score (nSPS) is 10.6. The van der Waals surface area contributed by atoms with E-state index in [0.29, 0.717) is 5.95 Å². The summed E-state index contributed by atoms with van der Waals surface area (Å²) >= 11 is 8.08. The van der Waals surface area contributed by atoms with E-state index in [1.54, 1.807) is 0 Å². The van der Waals surface area contributed by atoms with Crippen molar-refractivity contribution in [3.63, 3.8) is 0 Å². The number of ether oxygens (including phenoxy) is 1. The molecule has 0 atom stereocenters. The molecule has 0 aliphatic carbocycles. The van der Waals surface area contributed by atoms with Crippen LogP contribution in [0.15, 0.2) is 24.3 Å². The first-order valence-corrected chi connectivity index (χ1v) is 7.10. The van der Waals surface area contributed by atoms with Gasteiger partial charge in [-0.1, -0.05) is 12.1 Å². The Morgan fingerprint density at radius 3 is 2.63 bits per heavy atom. The van der Waals surface area contributed by atoms with E-state index in [-0.39, 0.29) is 17.4 Å². The van der Waals surface area contributed by atoms with Crippen LogP contribution in [0.2, 0.25) is 5.28 Å². The van der Waals surface area contributed by atoms with Crippen molar-refractivity contribution in [2.45, 2.75) is 20.0 Å². The number of aromatic nitrogens is 3. The maximum Gasteiger partial charge on any atom is 0.322 e. The third kappa shape index (κ3) is 4.17. The van der Waals surface area contributed by atoms with Gasteiger partial charge in [-0.25, -0.2) is 0 Å². The van der Waals surface area contributed by atoms with E-state index < -0.39 is 0 Å². The number of anilines is 2. The van der Waals surface area contributed by atoms with Crippen molar-refractivity contribution in [3.05, 3.63) is 33.1 Å². The number of benzene rings is 1. The topological polar surface area (TPSA) is 59.9 Å². The molecule has 0 aliphatic rings. The molecule has 0 saturated heterocycles. The van der Waals surface area contributed by atoms with Gasteiger partial charge >= 0.3 is 6.01 Å².